The molecule has 1 atom stereocenters. The van der Waals surface area contributed by atoms with Gasteiger partial charge in [0.1, 0.15) is 5.78 Å². The number of carbonyl (C=O) groups is 3. The highest BCUT2D eigenvalue weighted by molar-refractivity contribution is 7.99. The third-order valence-corrected chi connectivity index (χ3v) is 5.70. The monoisotopic (exact) mass is 371 g/mol. The number of carboxylic acids is 1. The Morgan fingerprint density at radius 3 is 2.72 bits per heavy atom. The number of thioether (sulfide) groups is 1. The molecule has 0 aromatic heterocycles. The molecule has 0 spiro atoms. The molecule has 5 nitrogen and oxygen atoms in total. The Balaban J connectivity index is 2.29. The molecule has 1 fully saturated rings. The van der Waals surface area contributed by atoms with Gasteiger partial charge in [-0.15, -0.1) is 0 Å². The topological polar surface area (TPSA) is 74.7 Å². The van der Waals surface area contributed by atoms with Crippen molar-refractivity contribution in [3.63, 3.8) is 0 Å². The van der Waals surface area contributed by atoms with Crippen LogP contribution in [-0.4, -0.2) is 51.8 Å². The summed E-state index contributed by atoms with van der Waals surface area (Å²) in [6, 6.07) is 0.211. The molecule has 1 N–H and O–H groups in total. The lowest BCUT2D eigenvalue weighted by Crippen LogP contribution is -2.44. The molecule has 1 heterocycles. The molecular weight excluding hydrogens is 338 g/mol. The van der Waals surface area contributed by atoms with Crippen LogP contribution in [-0.2, 0) is 14.4 Å². The van der Waals surface area contributed by atoms with E-state index in [0.29, 0.717) is 25.0 Å². The van der Waals surface area contributed by atoms with Crippen LogP contribution in [0.2, 0.25) is 0 Å². The fourth-order valence-corrected chi connectivity index (χ4v) is 4.00. The average molecular weight is 372 g/mol. The number of carboxylic acid groups (broad SMARTS) is 1. The minimum atomic E-state index is -0.778. The number of likely N-dealkylation sites (tertiary alicyclic amines) is 1. The van der Waals surface area contributed by atoms with E-state index in [1.54, 1.807) is 0 Å². The van der Waals surface area contributed by atoms with Gasteiger partial charge in [-0.3, -0.25) is 14.4 Å². The predicted molar refractivity (Wildman–Crippen MR) is 102 cm³/mol. The molecule has 0 saturated carbocycles. The Hall–Kier alpha value is -1.04. The van der Waals surface area contributed by atoms with Gasteiger partial charge in [0.25, 0.3) is 0 Å². The molecule has 1 aliphatic heterocycles. The third-order valence-electron chi connectivity index (χ3n) is 4.67. The lowest BCUT2D eigenvalue weighted by atomic mass is 9.95. The quantitative estimate of drug-likeness (QED) is 0.469. The fourth-order valence-electron chi connectivity index (χ4n) is 3.27. The molecule has 0 bridgehead atoms. The second-order valence-corrected chi connectivity index (χ2v) is 7.93. The van der Waals surface area contributed by atoms with Crippen molar-refractivity contribution < 1.29 is 19.5 Å². The van der Waals surface area contributed by atoms with Crippen LogP contribution in [0, 0.1) is 0 Å². The van der Waals surface area contributed by atoms with Gasteiger partial charge in [-0.2, -0.15) is 11.8 Å². The minimum absolute atomic E-state index is 0.144. The summed E-state index contributed by atoms with van der Waals surface area (Å²) < 4.78 is 0. The summed E-state index contributed by atoms with van der Waals surface area (Å²) in [5.74, 6) is 0.726. The Morgan fingerprint density at radius 2 is 2.00 bits per heavy atom. The van der Waals surface area contributed by atoms with E-state index >= 15 is 0 Å². The molecular formula is C19H33NO4S. The number of Topliss-reactive ketones (excluding diaryl/α,β-unsaturated/α-hetero) is 1. The van der Waals surface area contributed by atoms with E-state index in [0.717, 1.165) is 63.7 Å². The zero-order chi connectivity index (χ0) is 18.5. The van der Waals surface area contributed by atoms with Crippen molar-refractivity contribution in [1.29, 1.82) is 0 Å². The highest BCUT2D eigenvalue weighted by Gasteiger charge is 2.27. The van der Waals surface area contributed by atoms with Gasteiger partial charge in [0.15, 0.2) is 0 Å². The number of unbranched alkanes of at least 4 members (excludes halogenated alkanes) is 3. The lowest BCUT2D eigenvalue weighted by molar-refractivity contribution is -0.137. The van der Waals surface area contributed by atoms with Gasteiger partial charge < -0.3 is 10.0 Å². The third kappa shape index (κ3) is 9.88. The maximum Gasteiger partial charge on any atom is 0.313 e. The Morgan fingerprint density at radius 1 is 1.20 bits per heavy atom. The number of aliphatic carboxylic acids is 1. The molecule has 0 radical (unpaired) electrons. The minimum Gasteiger partial charge on any atom is -0.481 e. The van der Waals surface area contributed by atoms with Crippen LogP contribution < -0.4 is 0 Å². The van der Waals surface area contributed by atoms with E-state index in [2.05, 4.69) is 6.92 Å². The van der Waals surface area contributed by atoms with Crippen molar-refractivity contribution in [3.8, 4) is 0 Å². The van der Waals surface area contributed by atoms with Crippen molar-refractivity contribution in [3.05, 3.63) is 0 Å². The summed E-state index contributed by atoms with van der Waals surface area (Å²) in [5, 5.41) is 8.61. The van der Waals surface area contributed by atoms with Crippen LogP contribution >= 0.6 is 11.8 Å². The normalized spacial score (nSPS) is 17.7. The van der Waals surface area contributed by atoms with Crippen LogP contribution in [0.15, 0.2) is 0 Å². The van der Waals surface area contributed by atoms with Crippen LogP contribution in [0.4, 0.5) is 0 Å². The highest BCUT2D eigenvalue weighted by Crippen LogP contribution is 2.23. The van der Waals surface area contributed by atoms with E-state index < -0.39 is 5.97 Å². The van der Waals surface area contributed by atoms with Crippen molar-refractivity contribution in [2.24, 2.45) is 0 Å². The van der Waals surface area contributed by atoms with Crippen LogP contribution in [0.5, 0.6) is 0 Å². The molecule has 1 rings (SSSR count). The standard InChI is InChI=1S/C19H33NO4S/c1-2-3-4-9-17(21)12-11-16-8-7-10-18(22)20(16)13-5-6-14-25-15-19(23)24/h16H,2-15H2,1H3,(H,23,24)/t16-/m1/s1. The van der Waals surface area contributed by atoms with Crippen LogP contribution in [0.25, 0.3) is 0 Å². The van der Waals surface area contributed by atoms with Gasteiger partial charge in [-0.05, 0) is 44.3 Å². The van der Waals surface area contributed by atoms with Gasteiger partial charge >= 0.3 is 5.97 Å². The van der Waals surface area contributed by atoms with Gasteiger partial charge in [-0.1, -0.05) is 19.8 Å². The molecule has 1 amide bonds. The number of rotatable bonds is 14. The number of carbonyl (C=O) groups excluding carboxylic acids is 2. The van der Waals surface area contributed by atoms with Gasteiger partial charge in [0, 0.05) is 31.8 Å². The summed E-state index contributed by atoms with van der Waals surface area (Å²) in [6.45, 7) is 2.87. The number of amides is 1. The largest absolute Gasteiger partial charge is 0.481 e. The first kappa shape index (κ1) is 22.0. The summed E-state index contributed by atoms with van der Waals surface area (Å²) in [5.41, 5.74) is 0. The Labute approximate surface area is 155 Å². The van der Waals surface area contributed by atoms with Gasteiger partial charge in [-0.25, -0.2) is 0 Å². The van der Waals surface area contributed by atoms with Crippen molar-refractivity contribution in [2.75, 3.05) is 18.1 Å². The van der Waals surface area contributed by atoms with Crippen molar-refractivity contribution in [1.82, 2.24) is 4.90 Å². The Kier molecular flexibility index (Phi) is 11.6. The zero-order valence-electron chi connectivity index (χ0n) is 15.5. The molecule has 1 aliphatic rings. The number of nitrogens with zero attached hydrogens (tertiary/aromatic N) is 1. The number of hydrogen-bond donors (Lipinski definition) is 1. The smallest absolute Gasteiger partial charge is 0.313 e. The van der Waals surface area contributed by atoms with E-state index in [9.17, 15) is 14.4 Å². The van der Waals surface area contributed by atoms with E-state index in [4.69, 9.17) is 5.11 Å². The van der Waals surface area contributed by atoms with Crippen molar-refractivity contribution in [2.45, 2.75) is 83.6 Å². The van der Waals surface area contributed by atoms with E-state index in [-0.39, 0.29) is 17.7 Å². The maximum absolute atomic E-state index is 12.2. The maximum atomic E-state index is 12.2. The summed E-state index contributed by atoms with van der Waals surface area (Å²) in [7, 11) is 0. The fraction of sp³-hybridized carbons (Fsp3) is 0.842. The molecule has 0 aromatic rings. The second kappa shape index (κ2) is 13.2. The SMILES string of the molecule is CCCCCC(=O)CC[C@H]1CCCC(=O)N1CCCCSCC(=O)O. The van der Waals surface area contributed by atoms with E-state index in [1.165, 1.54) is 11.8 Å². The summed E-state index contributed by atoms with van der Waals surface area (Å²) in [4.78, 5) is 36.7. The molecule has 0 aromatic carbocycles. The van der Waals surface area contributed by atoms with E-state index in [1.807, 2.05) is 4.90 Å². The first-order valence-corrected chi connectivity index (χ1v) is 10.8. The Bertz CT molecular complexity index is 428. The van der Waals surface area contributed by atoms with Gasteiger partial charge in [0.05, 0.1) is 5.75 Å². The van der Waals surface area contributed by atoms with Crippen LogP contribution in [0.1, 0.15) is 77.6 Å². The average Bonchev–Trinajstić information content (AvgIpc) is 2.57. The number of ketones is 1. The highest BCUT2D eigenvalue weighted by atomic mass is 32.2. The molecule has 6 heteroatoms. The van der Waals surface area contributed by atoms with Gasteiger partial charge in [0.2, 0.25) is 5.91 Å². The summed E-state index contributed by atoms with van der Waals surface area (Å²) >= 11 is 1.43. The molecule has 0 aliphatic carbocycles. The molecule has 25 heavy (non-hydrogen) atoms. The molecule has 0 unspecified atom stereocenters. The number of piperidine rings is 1. The summed E-state index contributed by atoms with van der Waals surface area (Å²) in [6.07, 6.45) is 9.66. The molecule has 1 saturated heterocycles. The van der Waals surface area contributed by atoms with Crippen molar-refractivity contribution >= 4 is 29.4 Å². The zero-order valence-corrected chi connectivity index (χ0v) is 16.3. The molecule has 144 valence electrons. The predicted octanol–water partition coefficient (Wildman–Crippen LogP) is 3.90. The number of hydrogen-bond acceptors (Lipinski definition) is 4. The van der Waals surface area contributed by atoms with Crippen LogP contribution in [0.3, 0.4) is 0 Å². The lowest BCUT2D eigenvalue weighted by Gasteiger charge is -2.36. The first-order chi connectivity index (χ1) is 12.0. The second-order valence-electron chi connectivity index (χ2n) is 6.82. The first-order valence-electron chi connectivity index (χ1n) is 9.65.